The van der Waals surface area contributed by atoms with E-state index in [1.54, 1.807) is 0 Å². The average Bonchev–Trinajstić information content (AvgIpc) is 2.91. The Bertz CT molecular complexity index is 1460. The number of halogens is 1. The summed E-state index contributed by atoms with van der Waals surface area (Å²) in [7, 11) is 0. The number of carbonyl (C=O) groups is 1. The van der Waals surface area contributed by atoms with Gasteiger partial charge in [0.2, 0.25) is 5.91 Å². The number of nitrogens with one attached hydrogen (secondary N) is 1. The van der Waals surface area contributed by atoms with Crippen molar-refractivity contribution >= 4 is 23.5 Å². The van der Waals surface area contributed by atoms with Crippen molar-refractivity contribution < 1.29 is 9.18 Å². The molecule has 6 nitrogen and oxygen atoms in total. The van der Waals surface area contributed by atoms with E-state index in [0.717, 1.165) is 17.3 Å². The summed E-state index contributed by atoms with van der Waals surface area (Å²) in [4.78, 5) is 17.7. The van der Waals surface area contributed by atoms with E-state index in [9.17, 15) is 19.7 Å². The van der Waals surface area contributed by atoms with Crippen molar-refractivity contribution in [3.8, 4) is 23.3 Å². The predicted octanol–water partition coefficient (Wildman–Crippen LogP) is 5.36. The average molecular weight is 494 g/mol. The van der Waals surface area contributed by atoms with Gasteiger partial charge in [-0.15, -0.1) is 0 Å². The van der Waals surface area contributed by atoms with Gasteiger partial charge in [-0.2, -0.15) is 10.5 Å². The van der Waals surface area contributed by atoms with E-state index in [0.29, 0.717) is 17.7 Å². The highest BCUT2D eigenvalue weighted by Crippen LogP contribution is 2.41. The molecule has 0 saturated heterocycles. The zero-order valence-electron chi connectivity index (χ0n) is 19.0. The number of pyridine rings is 1. The monoisotopic (exact) mass is 493 g/mol. The van der Waals surface area contributed by atoms with Crippen LogP contribution < -0.4 is 11.1 Å². The Morgan fingerprint density at radius 3 is 2.17 bits per heavy atom. The van der Waals surface area contributed by atoms with Gasteiger partial charge in [0.15, 0.2) is 0 Å². The molecule has 1 amide bonds. The third-order valence-electron chi connectivity index (χ3n) is 5.43. The van der Waals surface area contributed by atoms with Gasteiger partial charge < -0.3 is 11.1 Å². The lowest BCUT2D eigenvalue weighted by molar-refractivity contribution is -0.120. The number of nitrogen functional groups attached to an aromatic ring is 1. The molecule has 4 rings (SSSR count). The second-order valence-corrected chi connectivity index (χ2v) is 8.86. The number of nitrogens with zero attached hydrogens (tertiary/aromatic N) is 3. The number of aromatic nitrogens is 1. The third kappa shape index (κ3) is 5.35. The predicted molar refractivity (Wildman–Crippen MR) is 137 cm³/mol. The Hall–Kier alpha value is -4.66. The van der Waals surface area contributed by atoms with Gasteiger partial charge in [-0.1, -0.05) is 84.6 Å². The number of hydrogen-bond acceptors (Lipinski definition) is 6. The Kier molecular flexibility index (Phi) is 7.60. The molecule has 36 heavy (non-hydrogen) atoms. The van der Waals surface area contributed by atoms with Crippen molar-refractivity contribution in [1.29, 1.82) is 10.5 Å². The molecule has 0 bridgehead atoms. The first kappa shape index (κ1) is 24.5. The van der Waals surface area contributed by atoms with Crippen molar-refractivity contribution in [3.05, 3.63) is 113 Å². The molecule has 1 atom stereocenters. The van der Waals surface area contributed by atoms with Crippen molar-refractivity contribution in [2.45, 2.75) is 16.8 Å². The first-order valence-electron chi connectivity index (χ1n) is 10.9. The number of amides is 1. The Labute approximate surface area is 212 Å². The minimum atomic E-state index is -0.747. The van der Waals surface area contributed by atoms with Gasteiger partial charge in [-0.05, 0) is 28.8 Å². The number of thioether (sulfide) groups is 1. The van der Waals surface area contributed by atoms with Crippen LogP contribution in [0, 0.1) is 28.5 Å². The molecule has 0 aliphatic heterocycles. The summed E-state index contributed by atoms with van der Waals surface area (Å²) < 4.78 is 13.6. The van der Waals surface area contributed by atoms with Crippen LogP contribution in [0.3, 0.4) is 0 Å². The maximum Gasteiger partial charge on any atom is 0.238 e. The molecule has 3 N–H and O–H groups in total. The van der Waals surface area contributed by atoms with Crippen LogP contribution in [-0.4, -0.2) is 10.9 Å². The summed E-state index contributed by atoms with van der Waals surface area (Å²) in [5, 5.41) is 22.2. The summed E-state index contributed by atoms with van der Waals surface area (Å²) in [6.45, 7) is 0.332. The fraction of sp³-hybridized carbons (Fsp3) is 0.0714. The summed E-state index contributed by atoms with van der Waals surface area (Å²) >= 11 is 1.07. The minimum absolute atomic E-state index is 0.0206. The molecule has 8 heteroatoms. The van der Waals surface area contributed by atoms with Gasteiger partial charge in [0.05, 0.1) is 5.56 Å². The number of benzene rings is 3. The molecular weight excluding hydrogens is 473 g/mol. The third-order valence-corrected chi connectivity index (χ3v) is 6.67. The molecule has 0 aliphatic rings. The molecule has 0 radical (unpaired) electrons. The van der Waals surface area contributed by atoms with Gasteiger partial charge in [0.1, 0.15) is 39.6 Å². The van der Waals surface area contributed by atoms with Crippen molar-refractivity contribution in [3.63, 3.8) is 0 Å². The standard InChI is InChI=1S/C28H20FN5OS/c29-21-13-11-19(12-14-21)24-22(15-30)26(32)34-28(23(24)16-31)36-25(20-9-5-2-6-10-20)27(35)33-17-18-7-3-1-4-8-18/h1-14,25H,17H2,(H2,32,34)(H,33,35). The smallest absolute Gasteiger partial charge is 0.238 e. The second-order valence-electron chi connectivity index (χ2n) is 7.77. The van der Waals surface area contributed by atoms with Crippen LogP contribution in [0.15, 0.2) is 90.0 Å². The van der Waals surface area contributed by atoms with Gasteiger partial charge in [-0.25, -0.2) is 9.37 Å². The normalized spacial score (nSPS) is 11.2. The van der Waals surface area contributed by atoms with E-state index in [-0.39, 0.29) is 33.4 Å². The number of hydrogen-bond donors (Lipinski definition) is 2. The lowest BCUT2D eigenvalue weighted by atomic mass is 9.97. The van der Waals surface area contributed by atoms with E-state index >= 15 is 0 Å². The topological polar surface area (TPSA) is 116 Å². The van der Waals surface area contributed by atoms with Gasteiger partial charge in [0, 0.05) is 12.1 Å². The van der Waals surface area contributed by atoms with E-state index in [1.165, 1.54) is 24.3 Å². The zero-order valence-corrected chi connectivity index (χ0v) is 19.8. The van der Waals surface area contributed by atoms with E-state index in [1.807, 2.05) is 66.7 Å². The Morgan fingerprint density at radius 2 is 1.56 bits per heavy atom. The van der Waals surface area contributed by atoms with Crippen LogP contribution in [0.5, 0.6) is 0 Å². The van der Waals surface area contributed by atoms with E-state index in [4.69, 9.17) is 5.73 Å². The van der Waals surface area contributed by atoms with Crippen LogP contribution in [0.1, 0.15) is 27.5 Å². The molecular formula is C28H20FN5OS. The highest BCUT2D eigenvalue weighted by atomic mass is 32.2. The van der Waals surface area contributed by atoms with Crippen LogP contribution in [0.25, 0.3) is 11.1 Å². The molecule has 1 heterocycles. The minimum Gasteiger partial charge on any atom is -0.383 e. The van der Waals surface area contributed by atoms with E-state index in [2.05, 4.69) is 16.4 Å². The lowest BCUT2D eigenvalue weighted by Gasteiger charge is -2.19. The number of nitrogens with two attached hydrogens (primary N) is 1. The maximum absolute atomic E-state index is 13.6. The maximum atomic E-state index is 13.6. The first-order chi connectivity index (χ1) is 17.5. The first-order valence-corrected chi connectivity index (χ1v) is 11.8. The van der Waals surface area contributed by atoms with Crippen molar-refractivity contribution in [2.24, 2.45) is 0 Å². The number of carbonyl (C=O) groups excluding carboxylic acids is 1. The van der Waals surface area contributed by atoms with Crippen molar-refractivity contribution in [2.75, 3.05) is 5.73 Å². The zero-order chi connectivity index (χ0) is 25.5. The summed E-state index contributed by atoms with van der Waals surface area (Å²) in [6, 6.07) is 28.2. The molecule has 1 aromatic heterocycles. The second kappa shape index (κ2) is 11.2. The van der Waals surface area contributed by atoms with Crippen LogP contribution >= 0.6 is 11.8 Å². The highest BCUT2D eigenvalue weighted by molar-refractivity contribution is 8.00. The molecule has 176 valence electrons. The number of nitriles is 2. The molecule has 0 spiro atoms. The molecule has 0 fully saturated rings. The summed E-state index contributed by atoms with van der Waals surface area (Å²) in [5.74, 6) is -0.798. The van der Waals surface area contributed by atoms with E-state index < -0.39 is 11.1 Å². The number of rotatable bonds is 7. The number of anilines is 1. The van der Waals surface area contributed by atoms with Crippen LogP contribution in [0.2, 0.25) is 0 Å². The Morgan fingerprint density at radius 1 is 0.944 bits per heavy atom. The SMILES string of the molecule is N#Cc1c(N)nc(SC(C(=O)NCc2ccccc2)c2ccccc2)c(C#N)c1-c1ccc(F)cc1. The van der Waals surface area contributed by atoms with Gasteiger partial charge >= 0.3 is 0 Å². The molecule has 4 aromatic rings. The Balaban J connectivity index is 1.76. The van der Waals surface area contributed by atoms with Crippen LogP contribution in [-0.2, 0) is 11.3 Å². The largest absolute Gasteiger partial charge is 0.383 e. The highest BCUT2D eigenvalue weighted by Gasteiger charge is 2.27. The van der Waals surface area contributed by atoms with Crippen LogP contribution in [0.4, 0.5) is 10.2 Å². The summed E-state index contributed by atoms with van der Waals surface area (Å²) in [6.07, 6.45) is 0. The summed E-state index contributed by atoms with van der Waals surface area (Å²) in [5.41, 5.74) is 8.59. The van der Waals surface area contributed by atoms with Gasteiger partial charge in [-0.3, -0.25) is 4.79 Å². The quantitative estimate of drug-likeness (QED) is 0.335. The molecule has 0 aliphatic carbocycles. The fourth-order valence-corrected chi connectivity index (χ4v) is 4.80. The molecule has 0 saturated carbocycles. The van der Waals surface area contributed by atoms with Crippen molar-refractivity contribution in [1.82, 2.24) is 10.3 Å². The molecule has 1 unspecified atom stereocenters. The lowest BCUT2D eigenvalue weighted by Crippen LogP contribution is -2.27. The molecule has 3 aromatic carbocycles. The fourth-order valence-electron chi connectivity index (χ4n) is 3.68. The van der Waals surface area contributed by atoms with Gasteiger partial charge in [0.25, 0.3) is 0 Å².